The molecule has 0 unspecified atom stereocenters. The van der Waals surface area contributed by atoms with Crippen molar-refractivity contribution < 1.29 is 9.53 Å². The number of rotatable bonds is 6. The van der Waals surface area contributed by atoms with Crippen LogP contribution in [0, 0.1) is 11.8 Å². The van der Waals surface area contributed by atoms with E-state index in [1.165, 1.54) is 11.1 Å². The molecule has 0 spiro atoms. The molecule has 31 heavy (non-hydrogen) atoms. The number of nitrogens with zero attached hydrogens (tertiary/aromatic N) is 2. The maximum Gasteiger partial charge on any atom is 0.226 e. The second-order valence-corrected chi connectivity index (χ2v) is 9.90. The zero-order valence-corrected chi connectivity index (χ0v) is 20.0. The Kier molecular flexibility index (Phi) is 7.67. The number of carbonyl (C=O) groups excluding carboxylic acids is 1. The quantitative estimate of drug-likeness (QED) is 0.568. The largest absolute Gasteiger partial charge is 0.496 e. The third-order valence-corrected chi connectivity index (χ3v) is 7.28. The van der Waals surface area contributed by atoms with Gasteiger partial charge in [0.15, 0.2) is 0 Å². The lowest BCUT2D eigenvalue weighted by molar-refractivity contribution is -0.138. The maximum atomic E-state index is 13.3. The minimum Gasteiger partial charge on any atom is -0.496 e. The molecule has 4 rings (SSSR count). The number of methoxy groups -OCH3 is 1. The highest BCUT2D eigenvalue weighted by molar-refractivity contribution is 9.10. The first-order valence-electron chi connectivity index (χ1n) is 11.5. The SMILES string of the molecule is COc1ccc(Br)cc1CN1CCC[C@@H](C(=O)N2CCC(Cc3ccccc3)CC2)C1. The Bertz CT molecular complexity index is 865. The standard InChI is InChI=1S/C26H33BrN2O2/c1-31-25-10-9-24(27)17-23(25)19-28-13-5-8-22(18-28)26(30)29-14-11-21(12-15-29)16-20-6-3-2-4-7-20/h2-4,6-7,9-10,17,21-22H,5,8,11-16,18-19H2,1H3/t22-/m1/s1. The number of benzene rings is 2. The molecular weight excluding hydrogens is 452 g/mol. The fraction of sp³-hybridized carbons (Fsp3) is 0.500. The van der Waals surface area contributed by atoms with Gasteiger partial charge in [-0.3, -0.25) is 9.69 Å². The first-order chi connectivity index (χ1) is 15.1. The first-order valence-corrected chi connectivity index (χ1v) is 12.3. The van der Waals surface area contributed by atoms with Gasteiger partial charge in [0, 0.05) is 36.2 Å². The van der Waals surface area contributed by atoms with Crippen LogP contribution in [0.15, 0.2) is 53.0 Å². The molecule has 166 valence electrons. The van der Waals surface area contributed by atoms with E-state index in [1.807, 2.05) is 12.1 Å². The van der Waals surface area contributed by atoms with Crippen LogP contribution in [0.4, 0.5) is 0 Å². The molecule has 2 fully saturated rings. The highest BCUT2D eigenvalue weighted by Crippen LogP contribution is 2.28. The third-order valence-electron chi connectivity index (χ3n) is 6.78. The Hall–Kier alpha value is -1.85. The Morgan fingerprint density at radius 1 is 1.06 bits per heavy atom. The van der Waals surface area contributed by atoms with Crippen molar-refractivity contribution in [2.75, 3.05) is 33.3 Å². The lowest BCUT2D eigenvalue weighted by atomic mass is 9.89. The smallest absolute Gasteiger partial charge is 0.226 e. The summed E-state index contributed by atoms with van der Waals surface area (Å²) in [6, 6.07) is 16.9. The number of amides is 1. The highest BCUT2D eigenvalue weighted by Gasteiger charge is 2.31. The number of piperidine rings is 2. The summed E-state index contributed by atoms with van der Waals surface area (Å²) in [6.45, 7) is 4.53. The summed E-state index contributed by atoms with van der Waals surface area (Å²) < 4.78 is 6.60. The van der Waals surface area contributed by atoms with Crippen LogP contribution in [0.1, 0.15) is 36.8 Å². The summed E-state index contributed by atoms with van der Waals surface area (Å²) in [5.41, 5.74) is 2.59. The van der Waals surface area contributed by atoms with Crippen molar-refractivity contribution in [3.8, 4) is 5.75 Å². The average molecular weight is 485 g/mol. The molecule has 2 heterocycles. The van der Waals surface area contributed by atoms with E-state index in [4.69, 9.17) is 4.74 Å². The molecular formula is C26H33BrN2O2. The average Bonchev–Trinajstić information content (AvgIpc) is 2.80. The van der Waals surface area contributed by atoms with Gasteiger partial charge >= 0.3 is 0 Å². The molecule has 5 heteroatoms. The molecule has 0 aromatic heterocycles. The van der Waals surface area contributed by atoms with Crippen molar-refractivity contribution in [2.45, 2.75) is 38.6 Å². The molecule has 2 aromatic carbocycles. The van der Waals surface area contributed by atoms with Gasteiger partial charge in [0.05, 0.1) is 13.0 Å². The van der Waals surface area contributed by atoms with E-state index in [-0.39, 0.29) is 5.92 Å². The van der Waals surface area contributed by atoms with E-state index in [2.05, 4.69) is 62.1 Å². The number of likely N-dealkylation sites (tertiary alicyclic amines) is 2. The molecule has 0 aliphatic carbocycles. The Labute approximate surface area is 194 Å². The zero-order chi connectivity index (χ0) is 21.6. The summed E-state index contributed by atoms with van der Waals surface area (Å²) in [6.07, 6.45) is 5.46. The number of carbonyl (C=O) groups is 1. The van der Waals surface area contributed by atoms with Crippen molar-refractivity contribution in [1.82, 2.24) is 9.80 Å². The number of halogens is 1. The predicted octanol–water partition coefficient (Wildman–Crippen LogP) is 5.15. The van der Waals surface area contributed by atoms with Gasteiger partial charge in [-0.15, -0.1) is 0 Å². The first kappa shape index (κ1) is 22.3. The topological polar surface area (TPSA) is 32.8 Å². The molecule has 4 nitrogen and oxygen atoms in total. The lowest BCUT2D eigenvalue weighted by Gasteiger charge is -2.38. The van der Waals surface area contributed by atoms with Gasteiger partial charge < -0.3 is 9.64 Å². The lowest BCUT2D eigenvalue weighted by Crippen LogP contribution is -2.47. The van der Waals surface area contributed by atoms with Gasteiger partial charge in [0.25, 0.3) is 0 Å². The Balaban J connectivity index is 1.30. The van der Waals surface area contributed by atoms with Gasteiger partial charge in [-0.1, -0.05) is 46.3 Å². The molecule has 1 amide bonds. The summed E-state index contributed by atoms with van der Waals surface area (Å²) in [7, 11) is 1.72. The van der Waals surface area contributed by atoms with Crippen molar-refractivity contribution in [2.24, 2.45) is 11.8 Å². The van der Waals surface area contributed by atoms with E-state index >= 15 is 0 Å². The number of hydrogen-bond acceptors (Lipinski definition) is 3. The van der Waals surface area contributed by atoms with Crippen LogP contribution in [0.5, 0.6) is 5.75 Å². The number of hydrogen-bond donors (Lipinski definition) is 0. The van der Waals surface area contributed by atoms with Crippen molar-refractivity contribution in [1.29, 1.82) is 0 Å². The van der Waals surface area contributed by atoms with E-state index in [1.54, 1.807) is 7.11 Å². The van der Waals surface area contributed by atoms with Crippen molar-refractivity contribution >= 4 is 21.8 Å². The highest BCUT2D eigenvalue weighted by atomic mass is 79.9. The maximum absolute atomic E-state index is 13.3. The van der Waals surface area contributed by atoms with E-state index < -0.39 is 0 Å². The number of ether oxygens (including phenoxy) is 1. The molecule has 2 saturated heterocycles. The summed E-state index contributed by atoms with van der Waals surface area (Å²) in [5, 5.41) is 0. The minimum absolute atomic E-state index is 0.123. The van der Waals surface area contributed by atoms with Crippen molar-refractivity contribution in [3.63, 3.8) is 0 Å². The van der Waals surface area contributed by atoms with Crippen LogP contribution in [-0.2, 0) is 17.8 Å². The Morgan fingerprint density at radius 3 is 2.58 bits per heavy atom. The van der Waals surface area contributed by atoms with Gasteiger partial charge in [0.1, 0.15) is 5.75 Å². The second kappa shape index (κ2) is 10.6. The molecule has 2 aliphatic rings. The van der Waals surface area contributed by atoms with Crippen LogP contribution >= 0.6 is 15.9 Å². The van der Waals surface area contributed by atoms with E-state index in [9.17, 15) is 4.79 Å². The van der Waals surface area contributed by atoms with Crippen LogP contribution in [0.2, 0.25) is 0 Å². The van der Waals surface area contributed by atoms with Gasteiger partial charge in [-0.25, -0.2) is 0 Å². The van der Waals surface area contributed by atoms with Crippen LogP contribution in [-0.4, -0.2) is 49.0 Å². The van der Waals surface area contributed by atoms with Crippen molar-refractivity contribution in [3.05, 3.63) is 64.1 Å². The molecule has 0 saturated carbocycles. The molecule has 1 atom stereocenters. The van der Waals surface area contributed by atoms with Crippen LogP contribution in [0.25, 0.3) is 0 Å². The fourth-order valence-electron chi connectivity index (χ4n) is 5.08. The molecule has 2 aliphatic heterocycles. The van der Waals surface area contributed by atoms with Gasteiger partial charge in [-0.05, 0) is 68.3 Å². The minimum atomic E-state index is 0.123. The Morgan fingerprint density at radius 2 is 1.84 bits per heavy atom. The summed E-state index contributed by atoms with van der Waals surface area (Å²) in [5.74, 6) is 2.09. The molecule has 2 aromatic rings. The summed E-state index contributed by atoms with van der Waals surface area (Å²) in [4.78, 5) is 17.8. The molecule has 0 N–H and O–H groups in total. The predicted molar refractivity (Wildman–Crippen MR) is 128 cm³/mol. The monoisotopic (exact) mass is 484 g/mol. The van der Waals surface area contributed by atoms with Crippen LogP contribution < -0.4 is 4.74 Å². The van der Waals surface area contributed by atoms with Gasteiger partial charge in [-0.2, -0.15) is 0 Å². The second-order valence-electron chi connectivity index (χ2n) is 8.99. The van der Waals surface area contributed by atoms with E-state index in [0.29, 0.717) is 11.8 Å². The van der Waals surface area contributed by atoms with Crippen LogP contribution in [0.3, 0.4) is 0 Å². The van der Waals surface area contributed by atoms with E-state index in [0.717, 1.165) is 75.1 Å². The molecule has 0 bridgehead atoms. The summed E-state index contributed by atoms with van der Waals surface area (Å²) >= 11 is 3.57. The zero-order valence-electron chi connectivity index (χ0n) is 18.4. The fourth-order valence-corrected chi connectivity index (χ4v) is 5.48. The third kappa shape index (κ3) is 5.89. The van der Waals surface area contributed by atoms with Gasteiger partial charge in [0.2, 0.25) is 5.91 Å². The normalized spacial score (nSPS) is 20.6. The molecule has 0 radical (unpaired) electrons.